The van der Waals surface area contributed by atoms with Crippen molar-refractivity contribution in [2.24, 2.45) is 5.92 Å². The zero-order chi connectivity index (χ0) is 7.68. The minimum Gasteiger partial charge on any atom is -0.290 e. The van der Waals surface area contributed by atoms with Gasteiger partial charge in [0.05, 0.1) is 0 Å². The quantitative estimate of drug-likeness (QED) is 0.564. The molecule has 0 atom stereocenters. The molecule has 0 N–H and O–H groups in total. The fourth-order valence-electron chi connectivity index (χ4n) is 0.861. The van der Waals surface area contributed by atoms with Crippen molar-refractivity contribution >= 4 is 5.78 Å². The van der Waals surface area contributed by atoms with Gasteiger partial charge in [0.25, 0.3) is 0 Å². The van der Waals surface area contributed by atoms with Crippen LogP contribution in [0.1, 0.15) is 23.5 Å². The van der Waals surface area contributed by atoms with Gasteiger partial charge in [-0.05, 0) is 12.8 Å². The Hall–Kier alpha value is -1.32. The predicted molar refractivity (Wildman–Crippen MR) is 35.7 cm³/mol. The Labute approximate surface area is 63.7 Å². The summed E-state index contributed by atoms with van der Waals surface area (Å²) in [4.78, 5) is 22.1. The Bertz CT molecular complexity index is 268. The summed E-state index contributed by atoms with van der Waals surface area (Å²) in [5, 5.41) is 0. The standard InChI is InChI=1S/C7H6N3O/c11-6(5-1-2-5)7-9-3-8-4-10-7/h3,5H,1-2H2. The monoisotopic (exact) mass is 148 g/mol. The Morgan fingerprint density at radius 1 is 1.64 bits per heavy atom. The molecule has 1 aliphatic rings. The summed E-state index contributed by atoms with van der Waals surface area (Å²) in [6.45, 7) is 0. The molecule has 2 rings (SSSR count). The fraction of sp³-hybridized carbons (Fsp3) is 0.429. The second kappa shape index (κ2) is 2.38. The van der Waals surface area contributed by atoms with Crippen molar-refractivity contribution in [3.63, 3.8) is 0 Å². The molecule has 4 nitrogen and oxygen atoms in total. The van der Waals surface area contributed by atoms with Crippen molar-refractivity contribution in [3.8, 4) is 0 Å². The molecule has 1 radical (unpaired) electrons. The summed E-state index contributed by atoms with van der Waals surface area (Å²) >= 11 is 0. The molecule has 55 valence electrons. The van der Waals surface area contributed by atoms with Gasteiger partial charge in [-0.15, -0.1) is 0 Å². The van der Waals surface area contributed by atoms with Crippen LogP contribution in [0.15, 0.2) is 6.33 Å². The molecule has 0 unspecified atom stereocenters. The van der Waals surface area contributed by atoms with Crippen molar-refractivity contribution in [3.05, 3.63) is 18.5 Å². The van der Waals surface area contributed by atoms with E-state index >= 15 is 0 Å². The molecule has 0 aliphatic heterocycles. The highest BCUT2D eigenvalue weighted by Gasteiger charge is 2.31. The summed E-state index contributed by atoms with van der Waals surface area (Å²) in [5.74, 6) is 0.456. The maximum Gasteiger partial charge on any atom is 0.203 e. The first-order chi connectivity index (χ1) is 5.38. The van der Waals surface area contributed by atoms with Gasteiger partial charge in [0.15, 0.2) is 5.82 Å². The number of carbonyl (C=O) groups is 1. The van der Waals surface area contributed by atoms with Gasteiger partial charge in [-0.3, -0.25) is 4.79 Å². The highest BCUT2D eigenvalue weighted by atomic mass is 16.1. The second-order valence-electron chi connectivity index (χ2n) is 2.55. The molecular weight excluding hydrogens is 142 g/mol. The van der Waals surface area contributed by atoms with E-state index in [0.717, 1.165) is 12.8 Å². The molecule has 1 aromatic rings. The van der Waals surface area contributed by atoms with Gasteiger partial charge < -0.3 is 0 Å². The van der Waals surface area contributed by atoms with Crippen LogP contribution < -0.4 is 0 Å². The number of ketones is 1. The first-order valence-corrected chi connectivity index (χ1v) is 3.47. The van der Waals surface area contributed by atoms with Crippen LogP contribution in [0.25, 0.3) is 0 Å². The molecule has 0 saturated heterocycles. The van der Waals surface area contributed by atoms with Crippen LogP contribution in [0.4, 0.5) is 0 Å². The molecular formula is C7H6N3O. The maximum absolute atomic E-state index is 11.2. The molecule has 1 fully saturated rings. The number of nitrogens with zero attached hydrogens (tertiary/aromatic N) is 3. The number of rotatable bonds is 2. The molecule has 1 heterocycles. The third-order valence-electron chi connectivity index (χ3n) is 1.62. The molecule has 0 spiro atoms. The van der Waals surface area contributed by atoms with Crippen LogP contribution in [0.2, 0.25) is 0 Å². The first kappa shape index (κ1) is 6.39. The Balaban J connectivity index is 2.22. The highest BCUT2D eigenvalue weighted by molar-refractivity contribution is 5.95. The van der Waals surface area contributed by atoms with E-state index in [1.165, 1.54) is 6.33 Å². The number of aromatic nitrogens is 3. The summed E-state index contributed by atoms with van der Waals surface area (Å²) in [6.07, 6.45) is 5.59. The van der Waals surface area contributed by atoms with Crippen LogP contribution in [-0.4, -0.2) is 20.7 Å². The number of hydrogen-bond acceptors (Lipinski definition) is 4. The lowest BCUT2D eigenvalue weighted by Crippen LogP contribution is -2.07. The largest absolute Gasteiger partial charge is 0.290 e. The minimum atomic E-state index is 0.0312. The van der Waals surface area contributed by atoms with Gasteiger partial charge in [0.2, 0.25) is 12.1 Å². The normalized spacial score (nSPS) is 16.4. The first-order valence-electron chi connectivity index (χ1n) is 3.47. The predicted octanol–water partition coefficient (Wildman–Crippen LogP) is 0.264. The molecule has 4 heteroatoms. The third kappa shape index (κ3) is 1.24. The van der Waals surface area contributed by atoms with Crippen molar-refractivity contribution in [2.45, 2.75) is 12.8 Å². The van der Waals surface area contributed by atoms with Gasteiger partial charge in [-0.1, -0.05) is 0 Å². The summed E-state index contributed by atoms with van der Waals surface area (Å²) in [5.41, 5.74) is 0. The maximum atomic E-state index is 11.2. The van der Waals surface area contributed by atoms with Crippen LogP contribution in [0.3, 0.4) is 0 Å². The van der Waals surface area contributed by atoms with Crippen LogP contribution >= 0.6 is 0 Å². The molecule has 0 bridgehead atoms. The summed E-state index contributed by atoms with van der Waals surface area (Å²) < 4.78 is 0. The number of Topliss-reactive ketones (excluding diaryl/α,β-unsaturated/α-hetero) is 1. The van der Waals surface area contributed by atoms with Gasteiger partial charge in [0.1, 0.15) is 6.33 Å². The lowest BCUT2D eigenvalue weighted by molar-refractivity contribution is 0.0957. The molecule has 1 aromatic heterocycles. The van der Waals surface area contributed by atoms with Gasteiger partial charge in [-0.25, -0.2) is 15.0 Å². The van der Waals surface area contributed by atoms with E-state index in [-0.39, 0.29) is 17.5 Å². The van der Waals surface area contributed by atoms with E-state index in [2.05, 4.69) is 21.3 Å². The molecule has 0 aromatic carbocycles. The Kier molecular flexibility index (Phi) is 1.38. The number of carbonyl (C=O) groups excluding carboxylic acids is 1. The van der Waals surface area contributed by atoms with Crippen LogP contribution in [-0.2, 0) is 0 Å². The van der Waals surface area contributed by atoms with Crippen molar-refractivity contribution in [2.75, 3.05) is 0 Å². The fourth-order valence-corrected chi connectivity index (χ4v) is 0.861. The van der Waals surface area contributed by atoms with Gasteiger partial charge in [-0.2, -0.15) is 0 Å². The molecule has 0 amide bonds. The molecule has 11 heavy (non-hydrogen) atoms. The van der Waals surface area contributed by atoms with Crippen LogP contribution in [0.5, 0.6) is 0 Å². The average Bonchev–Trinajstić information content (AvgIpc) is 2.87. The molecule has 1 aliphatic carbocycles. The van der Waals surface area contributed by atoms with E-state index < -0.39 is 0 Å². The molecule has 1 saturated carbocycles. The smallest absolute Gasteiger partial charge is 0.203 e. The van der Waals surface area contributed by atoms with Crippen LogP contribution in [0, 0.1) is 12.2 Å². The average molecular weight is 148 g/mol. The van der Waals surface area contributed by atoms with E-state index in [1.54, 1.807) is 0 Å². The summed E-state index contributed by atoms with van der Waals surface area (Å²) in [7, 11) is 0. The zero-order valence-corrected chi connectivity index (χ0v) is 5.82. The summed E-state index contributed by atoms with van der Waals surface area (Å²) in [6, 6.07) is 0. The third-order valence-corrected chi connectivity index (χ3v) is 1.62. The second-order valence-corrected chi connectivity index (χ2v) is 2.55. The zero-order valence-electron chi connectivity index (χ0n) is 5.82. The minimum absolute atomic E-state index is 0.0312. The lowest BCUT2D eigenvalue weighted by Gasteiger charge is -1.91. The van der Waals surface area contributed by atoms with Gasteiger partial charge in [0, 0.05) is 5.92 Å². The SMILES string of the molecule is O=C(c1n[c]ncn1)C1CC1. The Morgan fingerprint density at radius 3 is 3.00 bits per heavy atom. The van der Waals surface area contributed by atoms with E-state index in [4.69, 9.17) is 0 Å². The van der Waals surface area contributed by atoms with E-state index in [1.807, 2.05) is 0 Å². The van der Waals surface area contributed by atoms with E-state index in [0.29, 0.717) is 0 Å². The highest BCUT2D eigenvalue weighted by Crippen LogP contribution is 2.31. The van der Waals surface area contributed by atoms with Crippen molar-refractivity contribution < 1.29 is 4.79 Å². The topological polar surface area (TPSA) is 55.7 Å². The van der Waals surface area contributed by atoms with E-state index in [9.17, 15) is 4.79 Å². The van der Waals surface area contributed by atoms with Crippen molar-refractivity contribution in [1.82, 2.24) is 15.0 Å². The van der Waals surface area contributed by atoms with Crippen molar-refractivity contribution in [1.29, 1.82) is 0 Å². The lowest BCUT2D eigenvalue weighted by atomic mass is 10.2. The number of hydrogen-bond donors (Lipinski definition) is 0. The Morgan fingerprint density at radius 2 is 2.45 bits per heavy atom. The van der Waals surface area contributed by atoms with Gasteiger partial charge >= 0.3 is 0 Å².